The van der Waals surface area contributed by atoms with Crippen molar-refractivity contribution >= 4 is 33.0 Å². The lowest BCUT2D eigenvalue weighted by molar-refractivity contribution is 0.0983. The van der Waals surface area contributed by atoms with Crippen molar-refractivity contribution < 1.29 is 4.79 Å². The number of carbonyl (C=O) groups is 1. The van der Waals surface area contributed by atoms with Gasteiger partial charge in [0.15, 0.2) is 5.78 Å². The molecule has 96 valence electrons. The van der Waals surface area contributed by atoms with Gasteiger partial charge in [0.05, 0.1) is 4.88 Å². The molecule has 0 unspecified atom stereocenters. The average molecular weight is 317 g/mol. The third-order valence-corrected chi connectivity index (χ3v) is 5.07. The van der Waals surface area contributed by atoms with Crippen molar-refractivity contribution in [2.75, 3.05) is 0 Å². The first-order chi connectivity index (χ1) is 8.15. The molecule has 0 aromatic carbocycles. The summed E-state index contributed by atoms with van der Waals surface area (Å²) in [6, 6.07) is 1.96. The molecule has 1 rings (SSSR count). The molecule has 0 radical (unpaired) electrons. The maximum absolute atomic E-state index is 11.9. The zero-order chi connectivity index (χ0) is 12.7. The Labute approximate surface area is 117 Å². The number of hydrogen-bond donors (Lipinski definition) is 0. The molecule has 1 aromatic rings. The first-order valence-electron chi connectivity index (χ1n) is 6.44. The summed E-state index contributed by atoms with van der Waals surface area (Å²) >= 11 is 5.05. The van der Waals surface area contributed by atoms with E-state index in [2.05, 4.69) is 22.9 Å². The summed E-state index contributed by atoms with van der Waals surface area (Å²) < 4.78 is 1.06. The monoisotopic (exact) mass is 316 g/mol. The van der Waals surface area contributed by atoms with Crippen LogP contribution in [0.3, 0.4) is 0 Å². The number of aryl methyl sites for hydroxylation is 1. The summed E-state index contributed by atoms with van der Waals surface area (Å²) in [6.45, 7) is 4.26. The second-order valence-corrected chi connectivity index (χ2v) is 6.57. The average Bonchev–Trinajstić information content (AvgIpc) is 2.64. The molecule has 0 spiro atoms. The minimum absolute atomic E-state index is 0.305. The molecule has 0 saturated carbocycles. The number of carbonyl (C=O) groups excluding carboxylic acids is 1. The highest BCUT2D eigenvalue weighted by atomic mass is 79.9. The van der Waals surface area contributed by atoms with Crippen LogP contribution in [-0.2, 0) is 0 Å². The van der Waals surface area contributed by atoms with Crippen LogP contribution < -0.4 is 0 Å². The summed E-state index contributed by atoms with van der Waals surface area (Å²) in [5.41, 5.74) is 0. The van der Waals surface area contributed by atoms with E-state index in [4.69, 9.17) is 0 Å². The molecule has 0 amide bonds. The number of thiophene rings is 1. The molecular formula is C14H21BrOS. The molecule has 0 atom stereocenters. The van der Waals surface area contributed by atoms with E-state index < -0.39 is 0 Å². The van der Waals surface area contributed by atoms with Crippen LogP contribution >= 0.6 is 27.3 Å². The minimum atomic E-state index is 0.305. The SMILES string of the molecule is CCCCCCCCC(=O)c1cc(Br)c(C)s1. The summed E-state index contributed by atoms with van der Waals surface area (Å²) in [7, 11) is 0. The lowest BCUT2D eigenvalue weighted by Crippen LogP contribution is -1.95. The summed E-state index contributed by atoms with van der Waals surface area (Å²) in [5.74, 6) is 0.305. The second kappa shape index (κ2) is 8.04. The van der Waals surface area contributed by atoms with Crippen LogP contribution in [0.15, 0.2) is 10.5 Å². The van der Waals surface area contributed by atoms with E-state index in [0.717, 1.165) is 15.8 Å². The largest absolute Gasteiger partial charge is 0.293 e. The van der Waals surface area contributed by atoms with Gasteiger partial charge in [0.2, 0.25) is 0 Å². The Morgan fingerprint density at radius 1 is 1.24 bits per heavy atom. The fourth-order valence-corrected chi connectivity index (χ4v) is 3.29. The van der Waals surface area contributed by atoms with E-state index in [9.17, 15) is 4.79 Å². The van der Waals surface area contributed by atoms with Crippen LogP contribution in [0.1, 0.15) is 66.4 Å². The molecule has 0 saturated heterocycles. The van der Waals surface area contributed by atoms with Gasteiger partial charge >= 0.3 is 0 Å². The molecule has 0 N–H and O–H groups in total. The highest BCUT2D eigenvalue weighted by molar-refractivity contribution is 9.10. The molecule has 0 fully saturated rings. The van der Waals surface area contributed by atoms with Crippen LogP contribution in [0, 0.1) is 6.92 Å². The van der Waals surface area contributed by atoms with Gasteiger partial charge in [-0.05, 0) is 35.3 Å². The lowest BCUT2D eigenvalue weighted by Gasteiger charge is -1.99. The Morgan fingerprint density at radius 2 is 1.88 bits per heavy atom. The van der Waals surface area contributed by atoms with Gasteiger partial charge in [0, 0.05) is 15.8 Å². The van der Waals surface area contributed by atoms with Crippen LogP contribution in [-0.4, -0.2) is 5.78 Å². The van der Waals surface area contributed by atoms with Crippen LogP contribution in [0.5, 0.6) is 0 Å². The standard InChI is InChI=1S/C14H21BrOS/c1-3-4-5-6-7-8-9-13(16)14-10-12(15)11(2)17-14/h10H,3-9H2,1-2H3. The van der Waals surface area contributed by atoms with Crippen molar-refractivity contribution in [3.8, 4) is 0 Å². The predicted molar refractivity (Wildman–Crippen MR) is 79.1 cm³/mol. The normalized spacial score (nSPS) is 10.8. The van der Waals surface area contributed by atoms with E-state index in [-0.39, 0.29) is 0 Å². The molecule has 0 aliphatic rings. The van der Waals surface area contributed by atoms with Gasteiger partial charge in [0.25, 0.3) is 0 Å². The van der Waals surface area contributed by atoms with Gasteiger partial charge in [-0.15, -0.1) is 11.3 Å². The summed E-state index contributed by atoms with van der Waals surface area (Å²) in [4.78, 5) is 14.0. The zero-order valence-electron chi connectivity index (χ0n) is 10.7. The van der Waals surface area contributed by atoms with Crippen LogP contribution in [0.2, 0.25) is 0 Å². The number of rotatable bonds is 8. The van der Waals surface area contributed by atoms with Crippen LogP contribution in [0.4, 0.5) is 0 Å². The van der Waals surface area contributed by atoms with Crippen molar-refractivity contribution in [2.45, 2.75) is 58.8 Å². The topological polar surface area (TPSA) is 17.1 Å². The quantitative estimate of drug-likeness (QED) is 0.440. The first kappa shape index (κ1) is 14.9. The van der Waals surface area contributed by atoms with Gasteiger partial charge in [-0.25, -0.2) is 0 Å². The van der Waals surface area contributed by atoms with Crippen molar-refractivity contribution in [2.24, 2.45) is 0 Å². The predicted octanol–water partition coefficient (Wildman–Crippen LogP) is 5.75. The smallest absolute Gasteiger partial charge is 0.172 e. The van der Waals surface area contributed by atoms with E-state index in [0.29, 0.717) is 12.2 Å². The molecular weight excluding hydrogens is 296 g/mol. The molecule has 1 heterocycles. The van der Waals surface area contributed by atoms with Crippen molar-refractivity contribution in [1.82, 2.24) is 0 Å². The van der Waals surface area contributed by atoms with Gasteiger partial charge in [-0.1, -0.05) is 39.0 Å². The summed E-state index contributed by atoms with van der Waals surface area (Å²) in [5, 5.41) is 0. The van der Waals surface area contributed by atoms with E-state index >= 15 is 0 Å². The Bertz CT molecular complexity index is 338. The highest BCUT2D eigenvalue weighted by Crippen LogP contribution is 2.27. The molecule has 3 heteroatoms. The van der Waals surface area contributed by atoms with Crippen molar-refractivity contribution in [1.29, 1.82) is 0 Å². The third kappa shape index (κ3) is 5.35. The molecule has 0 bridgehead atoms. The molecule has 1 nitrogen and oxygen atoms in total. The van der Waals surface area contributed by atoms with E-state index in [1.807, 2.05) is 13.0 Å². The number of unbranched alkanes of at least 4 members (excludes halogenated alkanes) is 5. The molecule has 0 aliphatic heterocycles. The number of halogens is 1. The maximum Gasteiger partial charge on any atom is 0.172 e. The summed E-state index contributed by atoms with van der Waals surface area (Å²) in [6.07, 6.45) is 8.13. The fourth-order valence-electron chi connectivity index (χ4n) is 1.79. The third-order valence-electron chi connectivity index (χ3n) is 2.89. The van der Waals surface area contributed by atoms with Crippen LogP contribution in [0.25, 0.3) is 0 Å². The Balaban J connectivity index is 2.21. The number of Topliss-reactive ketones (excluding diaryl/α,β-unsaturated/α-hetero) is 1. The highest BCUT2D eigenvalue weighted by Gasteiger charge is 2.10. The van der Waals surface area contributed by atoms with E-state index in [1.54, 1.807) is 11.3 Å². The molecule has 0 aliphatic carbocycles. The van der Waals surface area contributed by atoms with Gasteiger partial charge in [-0.2, -0.15) is 0 Å². The maximum atomic E-state index is 11.9. The van der Waals surface area contributed by atoms with Gasteiger partial charge in [0.1, 0.15) is 0 Å². The molecule has 17 heavy (non-hydrogen) atoms. The van der Waals surface area contributed by atoms with Gasteiger partial charge in [-0.3, -0.25) is 4.79 Å². The Kier molecular flexibility index (Phi) is 7.05. The Hall–Kier alpha value is -0.150. The first-order valence-corrected chi connectivity index (χ1v) is 8.05. The number of ketones is 1. The fraction of sp³-hybridized carbons (Fsp3) is 0.643. The number of hydrogen-bond acceptors (Lipinski definition) is 2. The lowest BCUT2D eigenvalue weighted by atomic mass is 10.1. The minimum Gasteiger partial charge on any atom is -0.293 e. The zero-order valence-corrected chi connectivity index (χ0v) is 13.1. The van der Waals surface area contributed by atoms with Crippen molar-refractivity contribution in [3.05, 3.63) is 20.3 Å². The second-order valence-electron chi connectivity index (χ2n) is 4.46. The molecule has 1 aromatic heterocycles. The Morgan fingerprint density at radius 3 is 2.47 bits per heavy atom. The van der Waals surface area contributed by atoms with Crippen molar-refractivity contribution in [3.63, 3.8) is 0 Å². The van der Waals surface area contributed by atoms with E-state index in [1.165, 1.54) is 37.0 Å². The van der Waals surface area contributed by atoms with Gasteiger partial charge < -0.3 is 0 Å².